The molecule has 2 N–H and O–H groups in total. The maximum atomic E-state index is 12.1. The number of fused-ring (bicyclic) bond motifs is 1. The fourth-order valence-electron chi connectivity index (χ4n) is 1.95. The van der Waals surface area contributed by atoms with Crippen LogP contribution in [0.3, 0.4) is 0 Å². The smallest absolute Gasteiger partial charge is 0.239 e. The lowest BCUT2D eigenvalue weighted by atomic mass is 10.0. The van der Waals surface area contributed by atoms with Gasteiger partial charge in [0, 0.05) is 33.7 Å². The molecule has 1 unspecified atom stereocenters. The number of amides is 1. The van der Waals surface area contributed by atoms with Crippen molar-refractivity contribution >= 4 is 5.91 Å². The van der Waals surface area contributed by atoms with Crippen LogP contribution in [0, 0.1) is 0 Å². The number of likely N-dealkylation sites (N-methyl/N-ethyl adjacent to an activating group) is 1. The Balaban J connectivity index is 1.93. The van der Waals surface area contributed by atoms with E-state index in [1.54, 1.807) is 25.4 Å². The Hall–Kier alpha value is -1.40. The Morgan fingerprint density at radius 2 is 2.53 bits per heavy atom. The quantitative estimate of drug-likeness (QED) is 0.744. The predicted octanol–water partition coefficient (Wildman–Crippen LogP) is -0.471. The van der Waals surface area contributed by atoms with E-state index in [1.807, 2.05) is 0 Å². The molecule has 2 rings (SSSR count). The fraction of sp³-hybridized carbons (Fsp3) is 0.636. The molecule has 0 saturated carbocycles. The van der Waals surface area contributed by atoms with Gasteiger partial charge >= 0.3 is 0 Å². The first-order valence-corrected chi connectivity index (χ1v) is 5.70. The largest absolute Gasteiger partial charge is 0.383 e. The van der Waals surface area contributed by atoms with Crippen LogP contribution >= 0.6 is 0 Å². The Bertz CT molecular complexity index is 391. The highest BCUT2D eigenvalue weighted by molar-refractivity contribution is 5.82. The normalized spacial score (nSPS) is 18.8. The number of aromatic amines is 1. The van der Waals surface area contributed by atoms with E-state index in [1.165, 1.54) is 0 Å². The van der Waals surface area contributed by atoms with Crippen LogP contribution < -0.4 is 5.32 Å². The van der Waals surface area contributed by atoms with Crippen LogP contribution in [0.1, 0.15) is 11.4 Å². The zero-order valence-electron chi connectivity index (χ0n) is 10.2. The lowest BCUT2D eigenvalue weighted by Crippen LogP contribution is -2.49. The molecule has 0 fully saturated rings. The zero-order chi connectivity index (χ0) is 12.3. The van der Waals surface area contributed by atoms with Crippen molar-refractivity contribution in [2.45, 2.75) is 19.0 Å². The molecule has 0 spiro atoms. The lowest BCUT2D eigenvalue weighted by Gasteiger charge is -2.26. The fourth-order valence-corrected chi connectivity index (χ4v) is 1.95. The monoisotopic (exact) mass is 238 g/mol. The summed E-state index contributed by atoms with van der Waals surface area (Å²) in [7, 11) is 3.43. The third kappa shape index (κ3) is 2.65. The van der Waals surface area contributed by atoms with Crippen molar-refractivity contribution in [3.63, 3.8) is 0 Å². The van der Waals surface area contributed by atoms with Crippen molar-refractivity contribution in [1.29, 1.82) is 0 Å². The molecule has 2 heterocycles. The zero-order valence-corrected chi connectivity index (χ0v) is 10.2. The highest BCUT2D eigenvalue weighted by atomic mass is 16.5. The molecule has 6 heteroatoms. The first-order valence-electron chi connectivity index (χ1n) is 5.70. The van der Waals surface area contributed by atoms with E-state index in [9.17, 15) is 4.79 Å². The standard InChI is InChI=1S/C11H18N4O2/c1-15(3-4-17-2)11(16)9-5-8-10(6-12-9)14-7-13-8/h7,9,12H,3-6H2,1-2H3,(H,13,14). The summed E-state index contributed by atoms with van der Waals surface area (Å²) in [5.74, 6) is 0.0932. The lowest BCUT2D eigenvalue weighted by molar-refractivity contribution is -0.132. The van der Waals surface area contributed by atoms with Gasteiger partial charge in [-0.25, -0.2) is 4.98 Å². The van der Waals surface area contributed by atoms with Crippen molar-refractivity contribution in [2.75, 3.05) is 27.3 Å². The van der Waals surface area contributed by atoms with Crippen molar-refractivity contribution in [2.24, 2.45) is 0 Å². The number of carbonyl (C=O) groups excluding carboxylic acids is 1. The van der Waals surface area contributed by atoms with Gasteiger partial charge in [-0.05, 0) is 0 Å². The second kappa shape index (κ2) is 5.29. The average molecular weight is 238 g/mol. The molecule has 0 saturated heterocycles. The second-order valence-electron chi connectivity index (χ2n) is 4.22. The average Bonchev–Trinajstić information content (AvgIpc) is 2.81. The molecule has 1 aromatic heterocycles. The van der Waals surface area contributed by atoms with Gasteiger partial charge < -0.3 is 14.6 Å². The third-order valence-electron chi connectivity index (χ3n) is 3.04. The van der Waals surface area contributed by atoms with Crippen LogP contribution in [-0.2, 0) is 22.5 Å². The minimum atomic E-state index is -0.173. The van der Waals surface area contributed by atoms with E-state index in [2.05, 4.69) is 15.3 Å². The molecule has 1 atom stereocenters. The summed E-state index contributed by atoms with van der Waals surface area (Å²) in [4.78, 5) is 21.1. The van der Waals surface area contributed by atoms with Crippen LogP contribution in [0.2, 0.25) is 0 Å². The summed E-state index contributed by atoms with van der Waals surface area (Å²) < 4.78 is 4.96. The van der Waals surface area contributed by atoms with Crippen LogP contribution in [0.4, 0.5) is 0 Å². The summed E-state index contributed by atoms with van der Waals surface area (Å²) in [6.07, 6.45) is 2.32. The first-order chi connectivity index (χ1) is 8.22. The molecule has 0 aromatic carbocycles. The first kappa shape index (κ1) is 12.1. The molecule has 17 heavy (non-hydrogen) atoms. The van der Waals surface area contributed by atoms with Gasteiger partial charge in [-0.15, -0.1) is 0 Å². The number of hydrogen-bond acceptors (Lipinski definition) is 4. The van der Waals surface area contributed by atoms with E-state index in [0.29, 0.717) is 26.1 Å². The molecule has 0 bridgehead atoms. The molecule has 1 amide bonds. The molecule has 94 valence electrons. The summed E-state index contributed by atoms with van der Waals surface area (Å²) in [6, 6.07) is -0.173. The number of aromatic nitrogens is 2. The number of carbonyl (C=O) groups is 1. The minimum absolute atomic E-state index is 0.0932. The van der Waals surface area contributed by atoms with Gasteiger partial charge in [0.25, 0.3) is 0 Å². The number of H-pyrrole nitrogens is 1. The topological polar surface area (TPSA) is 70.2 Å². The summed E-state index contributed by atoms with van der Waals surface area (Å²) in [6.45, 7) is 1.84. The van der Waals surface area contributed by atoms with Gasteiger partial charge in [-0.3, -0.25) is 10.1 Å². The van der Waals surface area contributed by atoms with E-state index in [4.69, 9.17) is 4.74 Å². The molecule has 0 aliphatic carbocycles. The van der Waals surface area contributed by atoms with Gasteiger partial charge in [0.05, 0.1) is 30.4 Å². The Morgan fingerprint density at radius 3 is 3.29 bits per heavy atom. The number of nitrogens with zero attached hydrogens (tertiary/aromatic N) is 2. The van der Waals surface area contributed by atoms with Crippen molar-refractivity contribution in [1.82, 2.24) is 20.2 Å². The molecular formula is C11H18N4O2. The van der Waals surface area contributed by atoms with E-state index in [-0.39, 0.29) is 11.9 Å². The number of nitrogens with one attached hydrogen (secondary N) is 2. The molecule has 1 aliphatic rings. The maximum Gasteiger partial charge on any atom is 0.239 e. The maximum absolute atomic E-state index is 12.1. The molecule has 1 aromatic rings. The van der Waals surface area contributed by atoms with Crippen LogP contribution in [0.15, 0.2) is 6.33 Å². The highest BCUT2D eigenvalue weighted by Gasteiger charge is 2.27. The van der Waals surface area contributed by atoms with Gasteiger partial charge in [0.2, 0.25) is 5.91 Å². The summed E-state index contributed by atoms with van der Waals surface area (Å²) >= 11 is 0. The predicted molar refractivity (Wildman–Crippen MR) is 62.4 cm³/mol. The van der Waals surface area contributed by atoms with Crippen molar-refractivity contribution < 1.29 is 9.53 Å². The second-order valence-corrected chi connectivity index (χ2v) is 4.22. The number of ether oxygens (including phenoxy) is 1. The highest BCUT2D eigenvalue weighted by Crippen LogP contribution is 2.13. The molecule has 1 aliphatic heterocycles. The van der Waals surface area contributed by atoms with E-state index < -0.39 is 0 Å². The minimum Gasteiger partial charge on any atom is -0.383 e. The summed E-state index contributed by atoms with van der Waals surface area (Å²) in [5, 5.41) is 3.22. The number of imidazole rings is 1. The Labute approximate surface area is 100 Å². The van der Waals surface area contributed by atoms with Crippen LogP contribution in [-0.4, -0.2) is 54.1 Å². The van der Waals surface area contributed by atoms with E-state index in [0.717, 1.165) is 11.4 Å². The van der Waals surface area contributed by atoms with Gasteiger partial charge in [-0.2, -0.15) is 0 Å². The van der Waals surface area contributed by atoms with Crippen molar-refractivity contribution in [3.8, 4) is 0 Å². The van der Waals surface area contributed by atoms with Gasteiger partial charge in [-0.1, -0.05) is 0 Å². The molecular weight excluding hydrogens is 220 g/mol. The Kier molecular flexibility index (Phi) is 3.75. The van der Waals surface area contributed by atoms with E-state index >= 15 is 0 Å². The van der Waals surface area contributed by atoms with Gasteiger partial charge in [0.1, 0.15) is 0 Å². The Morgan fingerprint density at radius 1 is 1.71 bits per heavy atom. The number of methoxy groups -OCH3 is 1. The SMILES string of the molecule is COCCN(C)C(=O)C1Cc2nc[nH]c2CN1. The van der Waals surface area contributed by atoms with Crippen molar-refractivity contribution in [3.05, 3.63) is 17.7 Å². The number of rotatable bonds is 4. The third-order valence-corrected chi connectivity index (χ3v) is 3.04. The number of hydrogen-bond donors (Lipinski definition) is 2. The van der Waals surface area contributed by atoms with Crippen LogP contribution in [0.25, 0.3) is 0 Å². The molecule has 6 nitrogen and oxygen atoms in total. The molecule has 0 radical (unpaired) electrons. The summed E-state index contributed by atoms with van der Waals surface area (Å²) in [5.41, 5.74) is 2.07. The van der Waals surface area contributed by atoms with Crippen LogP contribution in [0.5, 0.6) is 0 Å². The van der Waals surface area contributed by atoms with Gasteiger partial charge in [0.15, 0.2) is 0 Å².